The van der Waals surface area contributed by atoms with Crippen molar-refractivity contribution in [3.8, 4) is 39.9 Å². The van der Waals surface area contributed by atoms with Crippen molar-refractivity contribution in [2.24, 2.45) is 0 Å². The highest BCUT2D eigenvalue weighted by molar-refractivity contribution is 9.10. The predicted molar refractivity (Wildman–Crippen MR) is 255 cm³/mol. The minimum absolute atomic E-state index is 0.0618. The van der Waals surface area contributed by atoms with Crippen LogP contribution >= 0.6 is 15.9 Å². The van der Waals surface area contributed by atoms with Gasteiger partial charge in [0.05, 0.1) is 51.8 Å². The first kappa shape index (κ1) is 49.2. The summed E-state index contributed by atoms with van der Waals surface area (Å²) in [6.45, 7) is -1.67. The van der Waals surface area contributed by atoms with E-state index in [1.54, 1.807) is 122 Å². The van der Waals surface area contributed by atoms with Crippen LogP contribution in [-0.4, -0.2) is 98.1 Å². The molecule has 0 spiro atoms. The number of nitrogens with zero attached hydrogens (tertiary/aromatic N) is 6. The fourth-order valence-corrected chi connectivity index (χ4v) is 10.9. The number of nitrogens with one attached hydrogen (secondary N) is 2. The topological polar surface area (TPSA) is 226 Å². The van der Waals surface area contributed by atoms with Crippen LogP contribution in [0.5, 0.6) is 17.2 Å². The number of hydrogen-bond acceptors (Lipinski definition) is 14. The number of rotatable bonds is 21. The van der Waals surface area contributed by atoms with E-state index in [2.05, 4.69) is 46.4 Å². The Labute approximate surface area is 402 Å². The average molecular weight is 1030 g/mol. The molecule has 7 rings (SSSR count). The van der Waals surface area contributed by atoms with E-state index in [-0.39, 0.29) is 48.9 Å². The zero-order valence-corrected chi connectivity index (χ0v) is 40.2. The molecule has 0 saturated carbocycles. The van der Waals surface area contributed by atoms with Gasteiger partial charge in [-0.2, -0.15) is 9.10 Å². The summed E-state index contributed by atoms with van der Waals surface area (Å²) in [5.74, 6) is 1.47. The number of aliphatic hydroxyl groups is 1. The Bertz CT molecular complexity index is 2990. The number of hydrogen-bond donors (Lipinski definition) is 3. The van der Waals surface area contributed by atoms with E-state index >= 15 is 8.42 Å². The van der Waals surface area contributed by atoms with Crippen molar-refractivity contribution in [3.63, 3.8) is 0 Å². The van der Waals surface area contributed by atoms with Crippen LogP contribution in [-0.2, 0) is 51.0 Å². The molecule has 68 heavy (non-hydrogen) atoms. The Morgan fingerprint density at radius 2 is 1.32 bits per heavy atom. The number of methoxy groups -OCH3 is 3. The highest BCUT2D eigenvalue weighted by Crippen LogP contribution is 2.41. The number of aromatic nitrogens is 5. The summed E-state index contributed by atoms with van der Waals surface area (Å²) in [6, 6.07) is 35.8. The molecule has 5 aromatic carbocycles. The normalized spacial score (nSPS) is 12.1. The quantitative estimate of drug-likeness (QED) is 0.0683. The number of tetrazole rings is 1. The van der Waals surface area contributed by atoms with Crippen molar-refractivity contribution in [3.05, 3.63) is 160 Å². The number of ether oxygens (including phenoxy) is 4. The Morgan fingerprint density at radius 1 is 0.735 bits per heavy atom. The van der Waals surface area contributed by atoms with Crippen LogP contribution in [0, 0.1) is 0 Å². The third-order valence-corrected chi connectivity index (χ3v) is 14.5. The lowest BCUT2D eigenvalue weighted by Gasteiger charge is -2.26. The molecule has 3 N–H and O–H groups in total. The standard InChI is InChI=1S/C47H47BrN8O10S2/c1-63-37-18-12-32(13-19-37)27-55(28-33-14-20-38(64-2)21-15-33)68(61,62)45-42(67(59,60)53-36(30-57)26-49-47(58)66-31-35-8-5-4-6-9-35)25-24-40(41-10-7-11-43(48)50-41)44(45)46-51-54-56(52-46)29-34-16-22-39(65-3)23-17-34/h4-25,36,53,57H,26-31H2,1-3H3,(H,49,58)/t36-/m0/s1. The molecule has 0 bridgehead atoms. The summed E-state index contributed by atoms with van der Waals surface area (Å²) in [6.07, 6.45) is -0.876. The molecule has 0 aliphatic carbocycles. The van der Waals surface area contributed by atoms with Crippen molar-refractivity contribution in [2.75, 3.05) is 34.5 Å². The maximum atomic E-state index is 16.0. The highest BCUT2D eigenvalue weighted by Gasteiger charge is 2.39. The van der Waals surface area contributed by atoms with Gasteiger partial charge in [-0.3, -0.25) is 0 Å². The first-order valence-corrected chi connectivity index (χ1v) is 24.6. The van der Waals surface area contributed by atoms with Crippen molar-refractivity contribution in [1.82, 2.24) is 39.5 Å². The van der Waals surface area contributed by atoms with Gasteiger partial charge in [-0.15, -0.1) is 10.2 Å². The molecule has 0 radical (unpaired) electrons. The lowest BCUT2D eigenvalue weighted by Crippen LogP contribution is -2.46. The smallest absolute Gasteiger partial charge is 0.407 e. The van der Waals surface area contributed by atoms with Gasteiger partial charge in [0.15, 0.2) is 0 Å². The molecule has 21 heteroatoms. The van der Waals surface area contributed by atoms with E-state index in [9.17, 15) is 18.3 Å². The van der Waals surface area contributed by atoms with Crippen LogP contribution in [0.1, 0.15) is 22.3 Å². The molecule has 1 atom stereocenters. The highest BCUT2D eigenvalue weighted by atomic mass is 79.9. The van der Waals surface area contributed by atoms with Crippen LogP contribution in [0.2, 0.25) is 0 Å². The van der Waals surface area contributed by atoms with Crippen LogP contribution < -0.4 is 24.2 Å². The second kappa shape index (κ2) is 22.4. The lowest BCUT2D eigenvalue weighted by molar-refractivity contribution is 0.137. The number of alkyl carbamates (subject to hydrolysis) is 1. The summed E-state index contributed by atoms with van der Waals surface area (Å²) >= 11 is 3.41. The summed E-state index contributed by atoms with van der Waals surface area (Å²) in [5.41, 5.74) is 2.75. The van der Waals surface area contributed by atoms with Crippen molar-refractivity contribution in [1.29, 1.82) is 0 Å². The molecular formula is C47H47BrN8O10S2. The van der Waals surface area contributed by atoms with Crippen LogP contribution in [0.3, 0.4) is 0 Å². The molecule has 2 heterocycles. The summed E-state index contributed by atoms with van der Waals surface area (Å²) in [7, 11) is -5.36. The zero-order chi connectivity index (χ0) is 48.3. The molecule has 0 fully saturated rings. The number of aliphatic hydroxyl groups excluding tert-OH is 1. The minimum Gasteiger partial charge on any atom is -0.497 e. The maximum absolute atomic E-state index is 16.0. The number of sulfonamides is 2. The second-order valence-electron chi connectivity index (χ2n) is 15.1. The van der Waals surface area contributed by atoms with Gasteiger partial charge in [-0.25, -0.2) is 31.3 Å². The summed E-state index contributed by atoms with van der Waals surface area (Å²) in [5, 5.41) is 26.2. The largest absolute Gasteiger partial charge is 0.497 e. The second-order valence-corrected chi connectivity index (χ2v) is 19.4. The van der Waals surface area contributed by atoms with E-state index < -0.39 is 55.1 Å². The first-order chi connectivity index (χ1) is 32.8. The van der Waals surface area contributed by atoms with Gasteiger partial charge in [0.1, 0.15) is 38.2 Å². The first-order valence-electron chi connectivity index (χ1n) is 20.8. The van der Waals surface area contributed by atoms with E-state index in [1.807, 2.05) is 6.07 Å². The van der Waals surface area contributed by atoms with E-state index in [1.165, 1.54) is 25.1 Å². The van der Waals surface area contributed by atoms with E-state index in [4.69, 9.17) is 18.9 Å². The third-order valence-electron chi connectivity index (χ3n) is 10.4. The molecule has 7 aromatic rings. The lowest BCUT2D eigenvalue weighted by atomic mass is 10.0. The zero-order valence-electron chi connectivity index (χ0n) is 37.0. The maximum Gasteiger partial charge on any atom is 0.407 e. The fourth-order valence-electron chi connectivity index (χ4n) is 6.96. The number of benzene rings is 5. The number of amides is 1. The van der Waals surface area contributed by atoms with Crippen LogP contribution in [0.25, 0.3) is 22.6 Å². The Balaban J connectivity index is 1.38. The van der Waals surface area contributed by atoms with Crippen molar-refractivity contribution < 1.29 is 45.7 Å². The van der Waals surface area contributed by atoms with Crippen LogP contribution in [0.4, 0.5) is 4.79 Å². The number of carbonyl (C=O) groups is 1. The minimum atomic E-state index is -4.99. The molecule has 2 aromatic heterocycles. The van der Waals surface area contributed by atoms with Gasteiger partial charge >= 0.3 is 6.09 Å². The number of halogens is 1. The predicted octanol–water partition coefficient (Wildman–Crippen LogP) is 6.20. The molecule has 1 amide bonds. The van der Waals surface area contributed by atoms with E-state index in [0.717, 1.165) is 21.5 Å². The Hall–Kier alpha value is -6.75. The van der Waals surface area contributed by atoms with Gasteiger partial charge in [0, 0.05) is 25.2 Å². The molecule has 0 unspecified atom stereocenters. The summed E-state index contributed by atoms with van der Waals surface area (Å²) in [4.78, 5) is 17.2. The van der Waals surface area contributed by atoms with Crippen LogP contribution in [0.15, 0.2) is 148 Å². The third kappa shape index (κ3) is 12.2. The van der Waals surface area contributed by atoms with Crippen molar-refractivity contribution in [2.45, 2.75) is 42.1 Å². The van der Waals surface area contributed by atoms with Gasteiger partial charge in [-0.05, 0) is 98.0 Å². The average Bonchev–Trinajstić information content (AvgIpc) is 3.82. The molecular weight excluding hydrogens is 981 g/mol. The Morgan fingerprint density at radius 3 is 1.88 bits per heavy atom. The molecule has 354 valence electrons. The SMILES string of the molecule is COc1ccc(CN(Cc2ccc(OC)cc2)S(=O)(=O)c2c(S(=O)(=O)N[C@H](CO)CNC(=O)OCc3ccccc3)ccc(-c3cccc(Br)n3)c2-c2nnn(Cc3ccc(OC)cc3)n2)cc1. The molecule has 0 aliphatic heterocycles. The van der Waals surface area contributed by atoms with Gasteiger partial charge in [0.2, 0.25) is 25.9 Å². The fraction of sp³-hybridized carbons (Fsp3) is 0.213. The van der Waals surface area contributed by atoms with Gasteiger partial charge < -0.3 is 29.4 Å². The number of carbonyl (C=O) groups excluding carboxylic acids is 1. The monoisotopic (exact) mass is 1030 g/mol. The number of pyridine rings is 1. The van der Waals surface area contributed by atoms with Gasteiger partial charge in [0.25, 0.3) is 0 Å². The molecule has 18 nitrogen and oxygen atoms in total. The molecule has 0 aliphatic rings. The van der Waals surface area contributed by atoms with E-state index in [0.29, 0.717) is 33.0 Å². The molecule has 0 saturated heterocycles. The van der Waals surface area contributed by atoms with Crippen molar-refractivity contribution >= 4 is 42.1 Å². The summed E-state index contributed by atoms with van der Waals surface area (Å²) < 4.78 is 87.0. The Kier molecular flexibility index (Phi) is 16.2. The van der Waals surface area contributed by atoms with Gasteiger partial charge in [-0.1, -0.05) is 78.9 Å².